The van der Waals surface area contributed by atoms with Crippen molar-refractivity contribution in [1.29, 1.82) is 0 Å². The monoisotopic (exact) mass is 271 g/mol. The molecule has 5 heteroatoms. The molecule has 2 fully saturated rings. The molecule has 1 saturated carbocycles. The molecule has 0 aromatic heterocycles. The zero-order valence-corrected chi connectivity index (χ0v) is 12.0. The van der Waals surface area contributed by atoms with Gasteiger partial charge in [0.05, 0.1) is 6.10 Å². The molecule has 2 atom stereocenters. The Bertz CT molecular complexity index is 323. The second kappa shape index (κ2) is 5.29. The van der Waals surface area contributed by atoms with Gasteiger partial charge in [0.2, 0.25) is 0 Å². The third-order valence-corrected chi connectivity index (χ3v) is 4.13. The minimum atomic E-state index is -0.487. The summed E-state index contributed by atoms with van der Waals surface area (Å²) in [4.78, 5) is 13.8. The lowest BCUT2D eigenvalue weighted by Gasteiger charge is -2.48. The Kier molecular flexibility index (Phi) is 4.06. The number of nitrogens with zero attached hydrogens (tertiary/aromatic N) is 1. The lowest BCUT2D eigenvalue weighted by atomic mass is 9.68. The fraction of sp³-hybridized carbons (Fsp3) is 0.929. The molecule has 2 N–H and O–H groups in total. The van der Waals surface area contributed by atoms with Gasteiger partial charge in [0.15, 0.2) is 0 Å². The van der Waals surface area contributed by atoms with Gasteiger partial charge in [-0.3, -0.25) is 0 Å². The highest BCUT2D eigenvalue weighted by Gasteiger charge is 2.44. The number of rotatable bonds is 1. The maximum atomic E-state index is 12.1. The van der Waals surface area contributed by atoms with Gasteiger partial charge in [-0.15, -0.1) is 0 Å². The first-order valence-electron chi connectivity index (χ1n) is 7.07. The number of carbonyl (C=O) groups is 1. The van der Waals surface area contributed by atoms with Crippen molar-refractivity contribution in [3.05, 3.63) is 0 Å². The third kappa shape index (κ3) is 3.39. The lowest BCUT2D eigenvalue weighted by Crippen LogP contribution is -2.54. The van der Waals surface area contributed by atoms with E-state index in [-0.39, 0.29) is 36.6 Å². The van der Waals surface area contributed by atoms with Gasteiger partial charge in [0.1, 0.15) is 5.60 Å². The molecule has 2 rings (SSSR count). The van der Waals surface area contributed by atoms with Crippen LogP contribution < -0.4 is 0 Å². The number of amides is 1. The Labute approximate surface area is 114 Å². The van der Waals surface area contributed by atoms with E-state index in [9.17, 15) is 15.0 Å². The zero-order chi connectivity index (χ0) is 14.2. The molecule has 2 aliphatic rings. The largest absolute Gasteiger partial charge is 0.444 e. The molecule has 0 radical (unpaired) electrons. The number of hydrogen-bond donors (Lipinski definition) is 2. The number of hydrogen-bond acceptors (Lipinski definition) is 4. The maximum absolute atomic E-state index is 12.1. The minimum Gasteiger partial charge on any atom is -0.444 e. The van der Waals surface area contributed by atoms with E-state index in [1.54, 1.807) is 4.90 Å². The van der Waals surface area contributed by atoms with E-state index in [0.29, 0.717) is 25.9 Å². The van der Waals surface area contributed by atoms with Crippen LogP contribution in [0.2, 0.25) is 0 Å². The van der Waals surface area contributed by atoms with E-state index in [1.807, 2.05) is 20.8 Å². The predicted octanol–water partition coefficient (Wildman–Crippen LogP) is 1.23. The number of ether oxygens (including phenoxy) is 1. The van der Waals surface area contributed by atoms with Gasteiger partial charge in [-0.25, -0.2) is 4.79 Å². The van der Waals surface area contributed by atoms with E-state index >= 15 is 0 Å². The van der Waals surface area contributed by atoms with Crippen molar-refractivity contribution in [2.24, 2.45) is 17.8 Å². The standard InChI is InChI=1S/C14H25NO4/c1-14(2,3)19-13(18)15-6-9-4-11(17)5-10(7-15)12(9)8-16/h9-12,16-17H,4-8H2,1-3H3. The van der Waals surface area contributed by atoms with Gasteiger partial charge < -0.3 is 19.8 Å². The summed E-state index contributed by atoms with van der Waals surface area (Å²) in [6.45, 7) is 6.87. The Morgan fingerprint density at radius 3 is 2.21 bits per heavy atom. The Hall–Kier alpha value is -0.810. The molecule has 1 heterocycles. The van der Waals surface area contributed by atoms with Crippen LogP contribution >= 0.6 is 0 Å². The second-order valence-corrected chi connectivity index (χ2v) is 6.88. The number of piperidine rings is 1. The highest BCUT2D eigenvalue weighted by molar-refractivity contribution is 5.68. The van der Waals surface area contributed by atoms with E-state index in [1.165, 1.54) is 0 Å². The molecule has 2 unspecified atom stereocenters. The van der Waals surface area contributed by atoms with Crippen LogP contribution in [0, 0.1) is 17.8 Å². The van der Waals surface area contributed by atoms with Crippen LogP contribution in [-0.4, -0.2) is 52.6 Å². The van der Waals surface area contributed by atoms with Gasteiger partial charge in [-0.05, 0) is 51.4 Å². The molecule has 110 valence electrons. The average molecular weight is 271 g/mol. The fourth-order valence-electron chi connectivity index (χ4n) is 3.36. The molecule has 1 aliphatic heterocycles. The second-order valence-electron chi connectivity index (χ2n) is 6.88. The first kappa shape index (κ1) is 14.6. The van der Waals surface area contributed by atoms with Crippen LogP contribution in [0.3, 0.4) is 0 Å². The molecule has 1 saturated heterocycles. The number of aliphatic hydroxyl groups is 2. The first-order valence-corrected chi connectivity index (χ1v) is 7.07. The number of aliphatic hydroxyl groups excluding tert-OH is 2. The Balaban J connectivity index is 2.02. The van der Waals surface area contributed by atoms with Crippen LogP contribution in [-0.2, 0) is 4.74 Å². The lowest BCUT2D eigenvalue weighted by molar-refractivity contribution is -0.0611. The summed E-state index contributed by atoms with van der Waals surface area (Å²) in [6.07, 6.45) is 0.760. The highest BCUT2D eigenvalue weighted by atomic mass is 16.6. The summed E-state index contributed by atoms with van der Waals surface area (Å²) < 4.78 is 5.40. The van der Waals surface area contributed by atoms with Crippen molar-refractivity contribution >= 4 is 6.09 Å². The van der Waals surface area contributed by atoms with Crippen LogP contribution in [0.1, 0.15) is 33.6 Å². The maximum Gasteiger partial charge on any atom is 0.410 e. The number of fused-ring (bicyclic) bond motifs is 2. The Morgan fingerprint density at radius 1 is 1.26 bits per heavy atom. The van der Waals surface area contributed by atoms with Gasteiger partial charge in [-0.1, -0.05) is 0 Å². The van der Waals surface area contributed by atoms with Crippen LogP contribution in [0.4, 0.5) is 4.79 Å². The van der Waals surface area contributed by atoms with Crippen molar-refractivity contribution < 1.29 is 19.7 Å². The zero-order valence-electron chi connectivity index (χ0n) is 12.0. The fourth-order valence-corrected chi connectivity index (χ4v) is 3.36. The molecule has 0 spiro atoms. The van der Waals surface area contributed by atoms with E-state index in [0.717, 1.165) is 0 Å². The molecule has 0 aromatic rings. The SMILES string of the molecule is CC(C)(C)OC(=O)N1CC2CC(O)CC(C1)C2CO. The summed E-state index contributed by atoms with van der Waals surface area (Å²) in [5, 5.41) is 19.3. The van der Waals surface area contributed by atoms with Crippen molar-refractivity contribution in [3.8, 4) is 0 Å². The molecular weight excluding hydrogens is 246 g/mol. The normalized spacial score (nSPS) is 35.1. The van der Waals surface area contributed by atoms with Gasteiger partial charge >= 0.3 is 6.09 Å². The number of likely N-dealkylation sites (tertiary alicyclic amines) is 1. The van der Waals surface area contributed by atoms with Crippen molar-refractivity contribution in [1.82, 2.24) is 4.90 Å². The van der Waals surface area contributed by atoms with Crippen molar-refractivity contribution in [2.45, 2.75) is 45.3 Å². The average Bonchev–Trinajstić information content (AvgIpc) is 2.24. The Morgan fingerprint density at radius 2 is 1.79 bits per heavy atom. The van der Waals surface area contributed by atoms with Gasteiger partial charge in [0, 0.05) is 19.7 Å². The first-order chi connectivity index (χ1) is 8.80. The van der Waals surface area contributed by atoms with Crippen LogP contribution in [0.5, 0.6) is 0 Å². The summed E-state index contributed by atoms with van der Waals surface area (Å²) >= 11 is 0. The van der Waals surface area contributed by atoms with Crippen molar-refractivity contribution in [3.63, 3.8) is 0 Å². The molecular formula is C14H25NO4. The summed E-state index contributed by atoms with van der Waals surface area (Å²) in [5.74, 6) is 0.571. The molecule has 0 aromatic carbocycles. The smallest absolute Gasteiger partial charge is 0.410 e. The molecule has 5 nitrogen and oxygen atoms in total. The molecule has 2 bridgehead atoms. The van der Waals surface area contributed by atoms with Gasteiger partial charge in [0.25, 0.3) is 0 Å². The topological polar surface area (TPSA) is 70.0 Å². The van der Waals surface area contributed by atoms with E-state index < -0.39 is 5.60 Å². The molecule has 19 heavy (non-hydrogen) atoms. The highest BCUT2D eigenvalue weighted by Crippen LogP contribution is 2.39. The summed E-state index contributed by atoms with van der Waals surface area (Å²) in [6, 6.07) is 0. The minimum absolute atomic E-state index is 0.143. The van der Waals surface area contributed by atoms with Gasteiger partial charge in [-0.2, -0.15) is 0 Å². The van der Waals surface area contributed by atoms with Crippen LogP contribution in [0.15, 0.2) is 0 Å². The molecule has 1 aliphatic carbocycles. The van der Waals surface area contributed by atoms with Crippen LogP contribution in [0.25, 0.3) is 0 Å². The molecule has 1 amide bonds. The van der Waals surface area contributed by atoms with E-state index in [2.05, 4.69) is 0 Å². The van der Waals surface area contributed by atoms with E-state index in [4.69, 9.17) is 4.74 Å². The summed E-state index contributed by atoms with van der Waals surface area (Å²) in [7, 11) is 0. The summed E-state index contributed by atoms with van der Waals surface area (Å²) in [5.41, 5.74) is -0.487. The third-order valence-electron chi connectivity index (χ3n) is 4.13. The predicted molar refractivity (Wildman–Crippen MR) is 70.6 cm³/mol. The van der Waals surface area contributed by atoms with Crippen molar-refractivity contribution in [2.75, 3.05) is 19.7 Å². The quantitative estimate of drug-likeness (QED) is 0.752. The number of carbonyl (C=O) groups excluding carboxylic acids is 1.